The highest BCUT2D eigenvalue weighted by Crippen LogP contribution is 2.58. The molecule has 1 saturated carbocycles. The molecule has 6 rings (SSSR count). The molecule has 12 nitrogen and oxygen atoms in total. The molecule has 3 heterocycles. The molecule has 39 heavy (non-hydrogen) atoms. The van der Waals surface area contributed by atoms with Crippen molar-refractivity contribution in [1.29, 1.82) is 5.26 Å². The molecule has 2 fully saturated rings. The van der Waals surface area contributed by atoms with Crippen LogP contribution < -0.4 is 27.1 Å². The van der Waals surface area contributed by atoms with Gasteiger partial charge in [-0.2, -0.15) is 15.2 Å². The minimum Gasteiger partial charge on any atom is -0.467 e. The van der Waals surface area contributed by atoms with Gasteiger partial charge in [-0.25, -0.2) is 4.98 Å². The number of nitrogen functional groups attached to an aromatic ring is 2. The third-order valence-electron chi connectivity index (χ3n) is 7.21. The van der Waals surface area contributed by atoms with Gasteiger partial charge in [-0.15, -0.1) is 0 Å². The van der Waals surface area contributed by atoms with E-state index < -0.39 is 6.04 Å². The number of hydrogen-bond donors (Lipinski definition) is 3. The van der Waals surface area contributed by atoms with Crippen LogP contribution in [0.1, 0.15) is 31.3 Å². The van der Waals surface area contributed by atoms with E-state index in [1.165, 1.54) is 4.57 Å². The zero-order chi connectivity index (χ0) is 27.3. The predicted octanol–water partition coefficient (Wildman–Crippen LogP) is 2.53. The van der Waals surface area contributed by atoms with Crippen LogP contribution in [0.5, 0.6) is 5.75 Å². The Labute approximate surface area is 223 Å². The Hall–Kier alpha value is -4.73. The molecule has 12 heteroatoms. The van der Waals surface area contributed by atoms with E-state index >= 15 is 0 Å². The summed E-state index contributed by atoms with van der Waals surface area (Å²) in [6.45, 7) is 4.58. The Balaban J connectivity index is 1.40. The minimum absolute atomic E-state index is 0.00623. The molecule has 4 aromatic rings. The van der Waals surface area contributed by atoms with Crippen molar-refractivity contribution < 1.29 is 14.2 Å². The fraction of sp³-hybridized carbons (Fsp3) is 0.296. The Morgan fingerprint density at radius 1 is 1.21 bits per heavy atom. The number of fused-ring (bicyclic) bond motifs is 2. The number of aromatic nitrogens is 4. The van der Waals surface area contributed by atoms with Crippen molar-refractivity contribution in [3.63, 3.8) is 0 Å². The second-order valence-electron chi connectivity index (χ2n) is 9.85. The van der Waals surface area contributed by atoms with Crippen molar-refractivity contribution in [3.8, 4) is 17.5 Å². The highest BCUT2D eigenvalue weighted by Gasteiger charge is 2.71. The average molecular weight is 527 g/mol. The van der Waals surface area contributed by atoms with Crippen LogP contribution in [0.15, 0.2) is 53.3 Å². The van der Waals surface area contributed by atoms with E-state index in [-0.39, 0.29) is 53.1 Å². The molecule has 0 radical (unpaired) electrons. The summed E-state index contributed by atoms with van der Waals surface area (Å²) in [5.41, 5.74) is 12.5. The fourth-order valence-electron chi connectivity index (χ4n) is 4.98. The lowest BCUT2D eigenvalue weighted by Crippen LogP contribution is -2.28. The zero-order valence-corrected chi connectivity index (χ0v) is 21.3. The summed E-state index contributed by atoms with van der Waals surface area (Å²) in [6.07, 6.45) is 0.109. The molecule has 5 N–H and O–H groups in total. The second kappa shape index (κ2) is 9.23. The van der Waals surface area contributed by atoms with Crippen LogP contribution >= 0.6 is 0 Å². The lowest BCUT2D eigenvalue weighted by molar-refractivity contribution is -0.0267. The van der Waals surface area contributed by atoms with Crippen molar-refractivity contribution in [2.75, 3.05) is 30.2 Å². The van der Waals surface area contributed by atoms with Crippen LogP contribution in [-0.4, -0.2) is 45.1 Å². The number of nitrogens with one attached hydrogen (secondary N) is 1. The molecular formula is C27H26N8O4. The molecule has 2 aromatic carbocycles. The predicted molar refractivity (Wildman–Crippen MR) is 143 cm³/mol. The van der Waals surface area contributed by atoms with E-state index in [9.17, 15) is 10.1 Å². The summed E-state index contributed by atoms with van der Waals surface area (Å²) in [7, 11) is 0. The number of ether oxygens (including phenoxy) is 3. The van der Waals surface area contributed by atoms with Crippen LogP contribution in [-0.2, 0) is 9.47 Å². The summed E-state index contributed by atoms with van der Waals surface area (Å²) >= 11 is 0. The molecule has 0 bridgehead atoms. The van der Waals surface area contributed by atoms with E-state index in [1.807, 2.05) is 36.4 Å². The summed E-state index contributed by atoms with van der Waals surface area (Å²) in [5.74, 6) is 0.757. The van der Waals surface area contributed by atoms with Crippen molar-refractivity contribution >= 4 is 28.5 Å². The van der Waals surface area contributed by atoms with Crippen LogP contribution in [0.3, 0.4) is 0 Å². The molecule has 1 aliphatic carbocycles. The molecule has 2 aliphatic rings. The smallest absolute Gasteiger partial charge is 0.269 e. The maximum Gasteiger partial charge on any atom is 0.269 e. The molecule has 1 aliphatic heterocycles. The number of nitrogens with two attached hydrogens (primary N) is 2. The van der Waals surface area contributed by atoms with Gasteiger partial charge in [0.05, 0.1) is 36.1 Å². The van der Waals surface area contributed by atoms with Crippen molar-refractivity contribution in [3.05, 3.63) is 70.3 Å². The van der Waals surface area contributed by atoms with Gasteiger partial charge < -0.3 is 31.0 Å². The average Bonchev–Trinajstić information content (AvgIpc) is 3.32. The van der Waals surface area contributed by atoms with Gasteiger partial charge in [-0.05, 0) is 31.2 Å². The Bertz CT molecular complexity index is 1690. The summed E-state index contributed by atoms with van der Waals surface area (Å²) < 4.78 is 18.8. The number of para-hydroxylation sites is 1. The largest absolute Gasteiger partial charge is 0.467 e. The molecule has 0 spiro atoms. The second-order valence-corrected chi connectivity index (χ2v) is 9.85. The molecule has 198 valence electrons. The minimum atomic E-state index is -0.595. The van der Waals surface area contributed by atoms with Gasteiger partial charge in [-0.1, -0.05) is 31.2 Å². The monoisotopic (exact) mass is 526 g/mol. The SMILES string of the molecule is C[C@H](Nc1nc(N)nc(N)c1C#N)c1nc2cccc(OCO[C@@H]3[C@H]4OC[C@]34C)c2c(=O)n1-c1ccccc1. The van der Waals surface area contributed by atoms with E-state index in [0.717, 1.165) is 0 Å². The van der Waals surface area contributed by atoms with Crippen LogP contribution in [0.4, 0.5) is 17.6 Å². The molecule has 4 atom stereocenters. The highest BCUT2D eigenvalue weighted by molar-refractivity contribution is 5.84. The molecule has 0 unspecified atom stereocenters. The highest BCUT2D eigenvalue weighted by atomic mass is 16.7. The maximum atomic E-state index is 14.1. The molecule has 2 aromatic heterocycles. The number of nitrogens with zero attached hydrogens (tertiary/aromatic N) is 5. The van der Waals surface area contributed by atoms with Gasteiger partial charge in [0.25, 0.3) is 5.56 Å². The molecular weight excluding hydrogens is 500 g/mol. The standard InChI is InChI=1S/C27H26N8O4/c1-14(31-23-16(11-28)22(29)33-26(30)34-23)24-32-17-9-6-10-18(38-13-39-21-20-27(21,2)12-37-20)19(17)25(36)35(24)15-7-4-3-5-8-15/h3-10,14,20-21H,12-13H2,1-2H3,(H5,29,30,31,33,34)/t14-,20+,21+,27-/m0/s1. The molecule has 0 amide bonds. The van der Waals surface area contributed by atoms with Crippen molar-refractivity contribution in [2.45, 2.75) is 32.1 Å². The first-order chi connectivity index (χ1) is 18.8. The summed E-state index contributed by atoms with van der Waals surface area (Å²) in [4.78, 5) is 26.9. The topological polar surface area (TPSA) is 176 Å². The summed E-state index contributed by atoms with van der Waals surface area (Å²) in [5, 5.41) is 13.0. The van der Waals surface area contributed by atoms with E-state index in [0.29, 0.717) is 34.8 Å². The number of benzene rings is 2. The van der Waals surface area contributed by atoms with Gasteiger partial charge in [0.15, 0.2) is 12.6 Å². The van der Waals surface area contributed by atoms with Gasteiger partial charge in [-0.3, -0.25) is 9.36 Å². The van der Waals surface area contributed by atoms with E-state index in [1.54, 1.807) is 25.1 Å². The van der Waals surface area contributed by atoms with Gasteiger partial charge in [0.2, 0.25) is 5.95 Å². The van der Waals surface area contributed by atoms with Crippen LogP contribution in [0, 0.1) is 16.7 Å². The third-order valence-corrected chi connectivity index (χ3v) is 7.21. The Kier molecular flexibility index (Phi) is 5.82. The lowest BCUT2D eigenvalue weighted by Gasteiger charge is -2.21. The van der Waals surface area contributed by atoms with Crippen LogP contribution in [0.25, 0.3) is 16.6 Å². The van der Waals surface area contributed by atoms with Gasteiger partial charge in [0.1, 0.15) is 34.4 Å². The molecule has 1 saturated heterocycles. The lowest BCUT2D eigenvalue weighted by atomic mass is 10.1. The zero-order valence-electron chi connectivity index (χ0n) is 21.3. The summed E-state index contributed by atoms with van der Waals surface area (Å²) in [6, 6.07) is 15.8. The maximum absolute atomic E-state index is 14.1. The normalized spacial score (nSPS) is 21.9. The third kappa shape index (κ3) is 4.08. The van der Waals surface area contributed by atoms with Gasteiger partial charge in [0, 0.05) is 5.41 Å². The van der Waals surface area contributed by atoms with Gasteiger partial charge >= 0.3 is 0 Å². The number of nitriles is 1. The first-order valence-corrected chi connectivity index (χ1v) is 12.4. The van der Waals surface area contributed by atoms with Crippen LogP contribution in [0.2, 0.25) is 0 Å². The number of anilines is 3. The van der Waals surface area contributed by atoms with E-state index in [4.69, 9.17) is 30.7 Å². The van der Waals surface area contributed by atoms with Crippen molar-refractivity contribution in [1.82, 2.24) is 19.5 Å². The number of hydrogen-bond acceptors (Lipinski definition) is 11. The Morgan fingerprint density at radius 3 is 2.67 bits per heavy atom. The van der Waals surface area contributed by atoms with Crippen molar-refractivity contribution in [2.24, 2.45) is 5.41 Å². The fourth-order valence-corrected chi connectivity index (χ4v) is 4.98. The Morgan fingerprint density at radius 2 is 1.97 bits per heavy atom. The first-order valence-electron chi connectivity index (χ1n) is 12.4. The quantitative estimate of drug-likeness (QED) is 0.288. The van der Waals surface area contributed by atoms with E-state index in [2.05, 4.69) is 22.2 Å². The first kappa shape index (κ1) is 24.6. The number of rotatable bonds is 8.